The van der Waals surface area contributed by atoms with Crippen molar-refractivity contribution in [3.8, 4) is 0 Å². The fourth-order valence-corrected chi connectivity index (χ4v) is 2.19. The Morgan fingerprint density at radius 3 is 2.50 bits per heavy atom. The second-order valence-corrected chi connectivity index (χ2v) is 5.73. The standard InChI is InChI=1S/C13H19N3O4/c1-5-16-10(11(17)18)8-6-15(7-9(8)14-16)12(19)20-13(2,3)4/h5-7H2,1-4H3,(H,17,18). The van der Waals surface area contributed by atoms with Gasteiger partial charge in [-0.25, -0.2) is 9.59 Å². The summed E-state index contributed by atoms with van der Waals surface area (Å²) >= 11 is 0. The SMILES string of the molecule is CCn1nc2c(c1C(=O)O)CN(C(=O)OC(C)(C)C)C2. The van der Waals surface area contributed by atoms with Gasteiger partial charge in [0.25, 0.3) is 0 Å². The Morgan fingerprint density at radius 1 is 1.35 bits per heavy atom. The molecule has 0 radical (unpaired) electrons. The van der Waals surface area contributed by atoms with Gasteiger partial charge in [-0.05, 0) is 27.7 Å². The maximum atomic E-state index is 12.0. The molecule has 1 aromatic heterocycles. The van der Waals surface area contributed by atoms with Gasteiger partial charge in [-0.2, -0.15) is 5.10 Å². The topological polar surface area (TPSA) is 84.7 Å². The summed E-state index contributed by atoms with van der Waals surface area (Å²) in [5.74, 6) is -1.02. The maximum Gasteiger partial charge on any atom is 0.410 e. The lowest BCUT2D eigenvalue weighted by Gasteiger charge is -2.24. The lowest BCUT2D eigenvalue weighted by Crippen LogP contribution is -2.34. The van der Waals surface area contributed by atoms with Gasteiger partial charge in [0.15, 0.2) is 5.69 Å². The zero-order valence-corrected chi connectivity index (χ0v) is 12.1. The van der Waals surface area contributed by atoms with Crippen molar-refractivity contribution >= 4 is 12.1 Å². The number of aromatic carboxylic acids is 1. The van der Waals surface area contributed by atoms with E-state index in [-0.39, 0.29) is 18.8 Å². The van der Waals surface area contributed by atoms with Gasteiger partial charge in [0.2, 0.25) is 0 Å². The van der Waals surface area contributed by atoms with Crippen LogP contribution in [0, 0.1) is 0 Å². The lowest BCUT2D eigenvalue weighted by atomic mass is 10.2. The number of aromatic nitrogens is 2. The number of rotatable bonds is 2. The van der Waals surface area contributed by atoms with Gasteiger partial charge in [0.1, 0.15) is 5.60 Å². The van der Waals surface area contributed by atoms with E-state index in [4.69, 9.17) is 4.74 Å². The minimum Gasteiger partial charge on any atom is -0.477 e. The minimum absolute atomic E-state index is 0.161. The molecule has 0 bridgehead atoms. The van der Waals surface area contributed by atoms with E-state index < -0.39 is 17.7 Å². The largest absolute Gasteiger partial charge is 0.477 e. The number of ether oxygens (including phenoxy) is 1. The molecule has 0 aliphatic carbocycles. The summed E-state index contributed by atoms with van der Waals surface area (Å²) in [4.78, 5) is 24.8. The Morgan fingerprint density at radius 2 is 2.00 bits per heavy atom. The van der Waals surface area contributed by atoms with Crippen LogP contribution in [0.1, 0.15) is 49.4 Å². The molecule has 0 aromatic carbocycles. The van der Waals surface area contributed by atoms with Crippen molar-refractivity contribution in [2.45, 2.75) is 52.9 Å². The summed E-state index contributed by atoms with van der Waals surface area (Å²) in [5, 5.41) is 13.5. The molecule has 1 aliphatic heterocycles. The molecule has 0 atom stereocenters. The molecule has 1 N–H and O–H groups in total. The average molecular weight is 281 g/mol. The van der Waals surface area contributed by atoms with Crippen molar-refractivity contribution in [3.05, 3.63) is 17.0 Å². The third kappa shape index (κ3) is 2.61. The summed E-state index contributed by atoms with van der Waals surface area (Å²) in [6.07, 6.45) is -0.449. The Bertz CT molecular complexity index is 557. The summed E-state index contributed by atoms with van der Waals surface area (Å²) in [6.45, 7) is 8.21. The first-order valence-corrected chi connectivity index (χ1v) is 6.52. The van der Waals surface area contributed by atoms with Crippen LogP contribution in [-0.4, -0.2) is 37.5 Å². The zero-order chi connectivity index (χ0) is 15.1. The predicted molar refractivity (Wildman–Crippen MR) is 70.3 cm³/mol. The fraction of sp³-hybridized carbons (Fsp3) is 0.615. The lowest BCUT2D eigenvalue weighted by molar-refractivity contribution is 0.0237. The molecule has 7 heteroatoms. The highest BCUT2D eigenvalue weighted by Crippen LogP contribution is 2.27. The van der Waals surface area contributed by atoms with E-state index in [9.17, 15) is 14.7 Å². The molecule has 2 rings (SSSR count). The summed E-state index contributed by atoms with van der Waals surface area (Å²) < 4.78 is 6.74. The van der Waals surface area contributed by atoms with Gasteiger partial charge in [-0.1, -0.05) is 0 Å². The number of aryl methyl sites for hydroxylation is 1. The first kappa shape index (κ1) is 14.4. The third-order valence-corrected chi connectivity index (χ3v) is 2.98. The molecule has 1 aliphatic rings. The molecule has 110 valence electrons. The summed E-state index contributed by atoms with van der Waals surface area (Å²) in [6, 6.07) is 0. The normalized spacial score (nSPS) is 14.3. The predicted octanol–water partition coefficient (Wildman–Crippen LogP) is 1.85. The van der Waals surface area contributed by atoms with E-state index in [2.05, 4.69) is 5.10 Å². The van der Waals surface area contributed by atoms with Crippen molar-refractivity contribution in [1.82, 2.24) is 14.7 Å². The number of carboxylic acids is 1. The molecule has 0 unspecified atom stereocenters. The second kappa shape index (κ2) is 4.81. The molecular formula is C13H19N3O4. The van der Waals surface area contributed by atoms with Crippen LogP contribution in [0.3, 0.4) is 0 Å². The number of carbonyl (C=O) groups excluding carboxylic acids is 1. The van der Waals surface area contributed by atoms with E-state index in [1.54, 1.807) is 20.8 Å². The van der Waals surface area contributed by atoms with E-state index in [0.717, 1.165) is 0 Å². The van der Waals surface area contributed by atoms with Crippen LogP contribution >= 0.6 is 0 Å². The highest BCUT2D eigenvalue weighted by molar-refractivity contribution is 5.88. The van der Waals surface area contributed by atoms with E-state index in [1.807, 2.05) is 6.92 Å². The van der Waals surface area contributed by atoms with Gasteiger partial charge in [0.05, 0.1) is 18.8 Å². The van der Waals surface area contributed by atoms with Gasteiger partial charge < -0.3 is 9.84 Å². The number of hydrogen-bond acceptors (Lipinski definition) is 4. The molecular weight excluding hydrogens is 262 g/mol. The smallest absolute Gasteiger partial charge is 0.410 e. The van der Waals surface area contributed by atoms with Gasteiger partial charge in [-0.15, -0.1) is 0 Å². The number of carbonyl (C=O) groups is 2. The molecule has 1 amide bonds. The molecule has 20 heavy (non-hydrogen) atoms. The number of hydrogen-bond donors (Lipinski definition) is 1. The Labute approximate surface area is 117 Å². The molecule has 0 saturated carbocycles. The summed E-state index contributed by atoms with van der Waals surface area (Å²) in [7, 11) is 0. The molecule has 0 fully saturated rings. The van der Waals surface area contributed by atoms with Crippen LogP contribution in [0.4, 0.5) is 4.79 Å². The quantitative estimate of drug-likeness (QED) is 0.894. The van der Waals surface area contributed by atoms with Gasteiger partial charge in [0, 0.05) is 12.1 Å². The van der Waals surface area contributed by atoms with Crippen molar-refractivity contribution in [1.29, 1.82) is 0 Å². The Kier molecular flexibility index (Phi) is 3.45. The van der Waals surface area contributed by atoms with Crippen LogP contribution in [0.2, 0.25) is 0 Å². The first-order chi connectivity index (χ1) is 9.23. The molecule has 0 saturated heterocycles. The molecule has 1 aromatic rings. The van der Waals surface area contributed by atoms with Crippen molar-refractivity contribution in [2.75, 3.05) is 0 Å². The van der Waals surface area contributed by atoms with Crippen LogP contribution in [-0.2, 0) is 24.4 Å². The number of amides is 1. The Hall–Kier alpha value is -2.05. The van der Waals surface area contributed by atoms with E-state index in [0.29, 0.717) is 17.8 Å². The fourth-order valence-electron chi connectivity index (χ4n) is 2.19. The molecule has 0 spiro atoms. The van der Waals surface area contributed by atoms with Crippen LogP contribution in [0.15, 0.2) is 0 Å². The number of carboxylic acid groups (broad SMARTS) is 1. The van der Waals surface area contributed by atoms with Crippen molar-refractivity contribution in [2.24, 2.45) is 0 Å². The third-order valence-electron chi connectivity index (χ3n) is 2.98. The van der Waals surface area contributed by atoms with Crippen molar-refractivity contribution < 1.29 is 19.4 Å². The average Bonchev–Trinajstić information content (AvgIpc) is 2.81. The zero-order valence-electron chi connectivity index (χ0n) is 12.1. The number of nitrogens with zero attached hydrogens (tertiary/aromatic N) is 3. The van der Waals surface area contributed by atoms with Crippen LogP contribution in [0.5, 0.6) is 0 Å². The van der Waals surface area contributed by atoms with Crippen LogP contribution in [0.25, 0.3) is 0 Å². The first-order valence-electron chi connectivity index (χ1n) is 6.52. The van der Waals surface area contributed by atoms with E-state index >= 15 is 0 Å². The van der Waals surface area contributed by atoms with Crippen LogP contribution < -0.4 is 0 Å². The minimum atomic E-state index is -1.02. The second-order valence-electron chi connectivity index (χ2n) is 5.73. The Balaban J connectivity index is 2.20. The highest BCUT2D eigenvalue weighted by Gasteiger charge is 2.34. The number of fused-ring (bicyclic) bond motifs is 1. The molecule has 2 heterocycles. The highest BCUT2D eigenvalue weighted by atomic mass is 16.6. The monoisotopic (exact) mass is 281 g/mol. The van der Waals surface area contributed by atoms with Gasteiger partial charge >= 0.3 is 12.1 Å². The van der Waals surface area contributed by atoms with E-state index in [1.165, 1.54) is 9.58 Å². The van der Waals surface area contributed by atoms with Crippen molar-refractivity contribution in [3.63, 3.8) is 0 Å². The summed E-state index contributed by atoms with van der Waals surface area (Å²) in [5.41, 5.74) is 0.824. The maximum absolute atomic E-state index is 12.0. The van der Waals surface area contributed by atoms with Gasteiger partial charge in [-0.3, -0.25) is 9.58 Å². The molecule has 7 nitrogen and oxygen atoms in total.